The van der Waals surface area contributed by atoms with Crippen molar-refractivity contribution < 1.29 is 23.2 Å². The second kappa shape index (κ2) is 11.5. The van der Waals surface area contributed by atoms with Gasteiger partial charge in [0.1, 0.15) is 11.6 Å². The molecule has 0 saturated carbocycles. The number of nitrogens with one attached hydrogen (secondary N) is 3. The molecular formula is C26H28N6O6S. The summed E-state index contributed by atoms with van der Waals surface area (Å²) in [5, 5.41) is 13.2. The lowest BCUT2D eigenvalue weighted by molar-refractivity contribution is -0.124. The van der Waals surface area contributed by atoms with Crippen molar-refractivity contribution in [2.45, 2.75) is 38.5 Å². The van der Waals surface area contributed by atoms with E-state index < -0.39 is 21.5 Å². The Labute approximate surface area is 224 Å². The van der Waals surface area contributed by atoms with Crippen LogP contribution in [0.5, 0.6) is 5.75 Å². The Morgan fingerprint density at radius 3 is 2.59 bits per heavy atom. The summed E-state index contributed by atoms with van der Waals surface area (Å²) in [5.41, 5.74) is 3.20. The maximum absolute atomic E-state index is 13.3. The van der Waals surface area contributed by atoms with Crippen LogP contribution in [0.25, 0.3) is 23.0 Å². The number of rotatable bonds is 10. The zero-order chi connectivity index (χ0) is 28.2. The summed E-state index contributed by atoms with van der Waals surface area (Å²) >= 11 is 0. The van der Waals surface area contributed by atoms with Crippen LogP contribution in [0.15, 0.2) is 58.2 Å². The Bertz CT molecular complexity index is 1710. The molecule has 204 valence electrons. The summed E-state index contributed by atoms with van der Waals surface area (Å²) in [4.78, 5) is 31.3. The monoisotopic (exact) mass is 552 g/mol. The summed E-state index contributed by atoms with van der Waals surface area (Å²) in [5.74, 6) is 0.448. The summed E-state index contributed by atoms with van der Waals surface area (Å²) in [6, 6.07) is 10.6. The van der Waals surface area contributed by atoms with E-state index in [0.29, 0.717) is 52.6 Å². The average Bonchev–Trinajstić information content (AvgIpc) is 3.23. The fourth-order valence-corrected chi connectivity index (χ4v) is 5.06. The van der Waals surface area contributed by atoms with Crippen LogP contribution in [0.1, 0.15) is 37.4 Å². The number of hydrogen-bond acceptors (Lipinski definition) is 8. The first-order chi connectivity index (χ1) is 18.7. The number of aryl methyl sites for hydroxylation is 2. The maximum atomic E-state index is 13.3. The zero-order valence-corrected chi connectivity index (χ0v) is 22.4. The quantitative estimate of drug-likeness (QED) is 0.132. The Kier molecular flexibility index (Phi) is 8.12. The molecule has 0 atom stereocenters. The highest BCUT2D eigenvalue weighted by molar-refractivity contribution is 7.92. The van der Waals surface area contributed by atoms with Crippen LogP contribution in [-0.2, 0) is 21.2 Å². The molecule has 0 saturated heterocycles. The number of aromatic amines is 1. The first-order valence-corrected chi connectivity index (χ1v) is 13.7. The smallest absolute Gasteiger partial charge is 0.277 e. The predicted molar refractivity (Wildman–Crippen MR) is 145 cm³/mol. The molecule has 2 aromatic carbocycles. The van der Waals surface area contributed by atoms with Crippen molar-refractivity contribution in [3.05, 3.63) is 76.0 Å². The number of sulfonamides is 1. The number of hydrogen-bond donors (Lipinski definition) is 4. The topological polar surface area (TPSA) is 168 Å². The lowest BCUT2D eigenvalue weighted by Crippen LogP contribution is -2.17. The van der Waals surface area contributed by atoms with Crippen molar-refractivity contribution in [2.75, 3.05) is 11.3 Å². The minimum absolute atomic E-state index is 0.0668. The van der Waals surface area contributed by atoms with Crippen molar-refractivity contribution in [1.29, 1.82) is 0 Å². The van der Waals surface area contributed by atoms with Crippen LogP contribution >= 0.6 is 0 Å². The Morgan fingerprint density at radius 2 is 1.92 bits per heavy atom. The Morgan fingerprint density at radius 1 is 1.18 bits per heavy atom. The molecule has 4 rings (SSSR count). The summed E-state index contributed by atoms with van der Waals surface area (Å²) in [6.45, 7) is 5.85. The van der Waals surface area contributed by atoms with Gasteiger partial charge in [-0.1, -0.05) is 19.1 Å². The summed E-state index contributed by atoms with van der Waals surface area (Å²) in [6.07, 6.45) is 4.01. The molecule has 0 fully saturated rings. The number of hydroxylamine groups is 1. The van der Waals surface area contributed by atoms with Crippen LogP contribution in [0.2, 0.25) is 0 Å². The van der Waals surface area contributed by atoms with Gasteiger partial charge in [0.05, 0.1) is 22.8 Å². The number of benzene rings is 2. The van der Waals surface area contributed by atoms with E-state index in [-0.39, 0.29) is 10.7 Å². The van der Waals surface area contributed by atoms with Gasteiger partial charge >= 0.3 is 0 Å². The highest BCUT2D eigenvalue weighted by atomic mass is 32.2. The maximum Gasteiger partial charge on any atom is 0.277 e. The zero-order valence-electron chi connectivity index (χ0n) is 21.6. The molecule has 0 aliphatic rings. The number of fused-ring (bicyclic) bond motifs is 1. The molecule has 0 bridgehead atoms. The van der Waals surface area contributed by atoms with Gasteiger partial charge in [-0.05, 0) is 62.2 Å². The van der Waals surface area contributed by atoms with Crippen LogP contribution in [0.4, 0.5) is 5.69 Å². The number of ether oxygens (including phenoxy) is 1. The number of anilines is 1. The number of carbonyl (C=O) groups excluding carboxylic acids is 1. The SMILES string of the molecule is CCCc1nc(C)c2c(=O)[nH]c(-c3cc(S(=O)(=O)Nc4ccc(/C=C/C(=O)NO)cc4)ccc3OCC)nn12. The number of imidazole rings is 1. The van der Waals surface area contributed by atoms with Gasteiger partial charge in [0.2, 0.25) is 0 Å². The van der Waals surface area contributed by atoms with Gasteiger partial charge in [0.25, 0.3) is 21.5 Å². The van der Waals surface area contributed by atoms with Gasteiger partial charge < -0.3 is 9.72 Å². The van der Waals surface area contributed by atoms with Crippen LogP contribution in [-0.4, -0.2) is 45.7 Å². The highest BCUT2D eigenvalue weighted by Crippen LogP contribution is 2.31. The molecule has 0 radical (unpaired) electrons. The Balaban J connectivity index is 1.72. The standard InChI is InChI=1S/C26H28N6O6S/c1-4-6-22-27-16(3)24-26(34)28-25(29-32(22)24)20-15-19(12-13-21(20)38-5-2)39(36,37)31-18-10-7-17(8-11-18)9-14-23(33)30-35/h7-15,31,35H,4-6H2,1-3H3,(H,30,33)(H,28,29,34)/b14-9+. The van der Waals surface area contributed by atoms with Crippen molar-refractivity contribution >= 4 is 33.2 Å². The molecule has 4 aromatic rings. The van der Waals surface area contributed by atoms with E-state index in [2.05, 4.69) is 19.8 Å². The van der Waals surface area contributed by atoms with E-state index in [1.165, 1.54) is 46.4 Å². The fourth-order valence-electron chi connectivity index (χ4n) is 3.97. The van der Waals surface area contributed by atoms with Gasteiger partial charge in [0.15, 0.2) is 11.3 Å². The van der Waals surface area contributed by atoms with Crippen molar-refractivity contribution in [1.82, 2.24) is 25.1 Å². The summed E-state index contributed by atoms with van der Waals surface area (Å²) in [7, 11) is -4.04. The van der Waals surface area contributed by atoms with E-state index in [4.69, 9.17) is 9.94 Å². The molecule has 12 nitrogen and oxygen atoms in total. The Hall–Kier alpha value is -4.49. The lowest BCUT2D eigenvalue weighted by Gasteiger charge is -2.13. The van der Waals surface area contributed by atoms with Gasteiger partial charge in [-0.3, -0.25) is 19.5 Å². The number of carbonyl (C=O) groups is 1. The minimum atomic E-state index is -4.04. The molecule has 2 heterocycles. The molecule has 2 aromatic heterocycles. The number of nitrogens with zero attached hydrogens (tertiary/aromatic N) is 3. The molecule has 0 spiro atoms. The van der Waals surface area contributed by atoms with Crippen LogP contribution in [0.3, 0.4) is 0 Å². The van der Waals surface area contributed by atoms with Gasteiger partial charge in [-0.25, -0.2) is 23.4 Å². The third kappa shape index (κ3) is 5.99. The lowest BCUT2D eigenvalue weighted by atomic mass is 10.2. The van der Waals surface area contributed by atoms with Gasteiger partial charge in [0, 0.05) is 18.2 Å². The molecule has 0 aliphatic carbocycles. The van der Waals surface area contributed by atoms with Crippen molar-refractivity contribution in [3.63, 3.8) is 0 Å². The molecule has 1 amide bonds. The molecular weight excluding hydrogens is 524 g/mol. The first kappa shape index (κ1) is 27.5. The van der Waals surface area contributed by atoms with Gasteiger partial charge in [-0.15, -0.1) is 5.10 Å². The fraction of sp³-hybridized carbons (Fsp3) is 0.231. The molecule has 0 aliphatic heterocycles. The summed E-state index contributed by atoms with van der Waals surface area (Å²) < 4.78 is 36.3. The molecule has 39 heavy (non-hydrogen) atoms. The molecule has 0 unspecified atom stereocenters. The number of aromatic nitrogens is 4. The third-order valence-electron chi connectivity index (χ3n) is 5.73. The van der Waals surface area contributed by atoms with E-state index >= 15 is 0 Å². The minimum Gasteiger partial charge on any atom is -0.493 e. The average molecular weight is 553 g/mol. The third-order valence-corrected chi connectivity index (χ3v) is 7.11. The van der Waals surface area contributed by atoms with Crippen LogP contribution in [0, 0.1) is 6.92 Å². The largest absolute Gasteiger partial charge is 0.493 e. The second-order valence-electron chi connectivity index (χ2n) is 8.55. The van der Waals surface area contributed by atoms with E-state index in [1.807, 2.05) is 6.92 Å². The van der Waals surface area contributed by atoms with Gasteiger partial charge in [-0.2, -0.15) is 0 Å². The second-order valence-corrected chi connectivity index (χ2v) is 10.2. The van der Waals surface area contributed by atoms with E-state index in [0.717, 1.165) is 12.5 Å². The first-order valence-electron chi connectivity index (χ1n) is 12.2. The number of H-pyrrole nitrogens is 1. The normalized spacial score (nSPS) is 11.7. The molecule has 4 N–H and O–H groups in total. The molecule has 13 heteroatoms. The van der Waals surface area contributed by atoms with Crippen molar-refractivity contribution in [2.24, 2.45) is 0 Å². The van der Waals surface area contributed by atoms with Crippen molar-refractivity contribution in [3.8, 4) is 17.1 Å². The van der Waals surface area contributed by atoms with Crippen LogP contribution < -0.4 is 20.5 Å². The van der Waals surface area contributed by atoms with E-state index in [9.17, 15) is 18.0 Å². The van der Waals surface area contributed by atoms with E-state index in [1.54, 1.807) is 26.0 Å². The predicted octanol–water partition coefficient (Wildman–Crippen LogP) is 3.06. The number of amides is 1. The highest BCUT2D eigenvalue weighted by Gasteiger charge is 2.21.